The maximum Gasteiger partial charge on any atom is 0.0717 e. The van der Waals surface area contributed by atoms with Gasteiger partial charge in [0.25, 0.3) is 0 Å². The molecule has 0 radical (unpaired) electrons. The van der Waals surface area contributed by atoms with Gasteiger partial charge in [0.05, 0.1) is 5.38 Å². The molecule has 0 fully saturated rings. The maximum absolute atomic E-state index is 6.77. The van der Waals surface area contributed by atoms with Crippen LogP contribution in [0.1, 0.15) is 40.1 Å². The van der Waals surface area contributed by atoms with Gasteiger partial charge in [-0.25, -0.2) is 0 Å². The molecule has 0 amide bonds. The molecule has 2 aromatic rings. The van der Waals surface area contributed by atoms with E-state index in [0.29, 0.717) is 0 Å². The normalized spacial score (nSPS) is 12.6. The number of hydrogen-bond acceptors (Lipinski definition) is 1. The third-order valence-corrected chi connectivity index (χ3v) is 4.52. The molecule has 0 bridgehead atoms. The van der Waals surface area contributed by atoms with E-state index < -0.39 is 0 Å². The number of nitrogens with zero attached hydrogens (tertiary/aromatic N) is 1. The predicted octanol–water partition coefficient (Wildman–Crippen LogP) is 5.41. The zero-order valence-electron chi connectivity index (χ0n) is 14.1. The summed E-state index contributed by atoms with van der Waals surface area (Å²) < 4.78 is 0. The second kappa shape index (κ2) is 7.80. The number of likely N-dealkylation sites (N-methyl/N-ethyl adjacent to an activating group) is 1. The van der Waals surface area contributed by atoms with Crippen LogP contribution in [0.2, 0.25) is 0 Å². The summed E-state index contributed by atoms with van der Waals surface area (Å²) in [4.78, 5) is 2.41. The number of benzene rings is 2. The highest BCUT2D eigenvalue weighted by Crippen LogP contribution is 2.29. The molecule has 0 N–H and O–H groups in total. The lowest BCUT2D eigenvalue weighted by Crippen LogP contribution is -2.27. The van der Waals surface area contributed by atoms with Gasteiger partial charge in [-0.1, -0.05) is 55.0 Å². The summed E-state index contributed by atoms with van der Waals surface area (Å²) in [6.45, 7) is 11.5. The van der Waals surface area contributed by atoms with Crippen molar-refractivity contribution in [2.45, 2.75) is 39.6 Å². The Balaban J connectivity index is 2.11. The number of hydrogen-bond donors (Lipinski definition) is 0. The minimum Gasteiger partial charge on any atom is -0.298 e. The maximum atomic E-state index is 6.77. The lowest BCUT2D eigenvalue weighted by Gasteiger charge is -2.25. The Kier molecular flexibility index (Phi) is 6.05. The van der Waals surface area contributed by atoms with E-state index in [1.54, 1.807) is 0 Å². The van der Waals surface area contributed by atoms with Crippen LogP contribution in [0.25, 0.3) is 0 Å². The number of aryl methyl sites for hydroxylation is 3. The molecular weight excluding hydrogens is 290 g/mol. The summed E-state index contributed by atoms with van der Waals surface area (Å²) in [6.07, 6.45) is 0. The molecule has 0 saturated carbocycles. The molecule has 1 atom stereocenters. The highest BCUT2D eigenvalue weighted by atomic mass is 35.5. The zero-order valence-corrected chi connectivity index (χ0v) is 14.8. The third kappa shape index (κ3) is 4.34. The number of halogens is 1. The van der Waals surface area contributed by atoms with Crippen LogP contribution in [-0.4, -0.2) is 18.0 Å². The Labute approximate surface area is 139 Å². The minimum absolute atomic E-state index is 0.0317. The van der Waals surface area contributed by atoms with Crippen LogP contribution in [0.3, 0.4) is 0 Å². The second-order valence-electron chi connectivity index (χ2n) is 6.09. The van der Waals surface area contributed by atoms with E-state index in [9.17, 15) is 0 Å². The van der Waals surface area contributed by atoms with Crippen LogP contribution in [-0.2, 0) is 6.54 Å². The first kappa shape index (κ1) is 17.1. The van der Waals surface area contributed by atoms with Crippen LogP contribution >= 0.6 is 11.6 Å². The van der Waals surface area contributed by atoms with E-state index in [-0.39, 0.29) is 5.38 Å². The SMILES string of the molecule is CCN(Cc1ccccc1)CC(Cl)c1c(C)cc(C)cc1C. The summed E-state index contributed by atoms with van der Waals surface area (Å²) in [5, 5.41) is 0.0317. The van der Waals surface area contributed by atoms with E-state index in [2.05, 4.69) is 75.1 Å². The molecule has 118 valence electrons. The summed E-state index contributed by atoms with van der Waals surface area (Å²) in [7, 11) is 0. The van der Waals surface area contributed by atoms with Crippen molar-refractivity contribution in [3.63, 3.8) is 0 Å². The fraction of sp³-hybridized carbons (Fsp3) is 0.400. The Morgan fingerprint density at radius 3 is 2.14 bits per heavy atom. The van der Waals surface area contributed by atoms with Crippen LogP contribution in [0, 0.1) is 20.8 Å². The van der Waals surface area contributed by atoms with Gasteiger partial charge in [0.15, 0.2) is 0 Å². The lowest BCUT2D eigenvalue weighted by molar-refractivity contribution is 0.280. The summed E-state index contributed by atoms with van der Waals surface area (Å²) in [5.74, 6) is 0. The molecule has 2 rings (SSSR count). The van der Waals surface area contributed by atoms with Crippen molar-refractivity contribution in [3.8, 4) is 0 Å². The monoisotopic (exact) mass is 315 g/mol. The van der Waals surface area contributed by atoms with Crippen molar-refractivity contribution >= 4 is 11.6 Å². The summed E-state index contributed by atoms with van der Waals surface area (Å²) >= 11 is 6.77. The number of alkyl halides is 1. The quantitative estimate of drug-likeness (QED) is 0.644. The van der Waals surface area contributed by atoms with Gasteiger partial charge < -0.3 is 0 Å². The van der Waals surface area contributed by atoms with E-state index in [1.807, 2.05) is 0 Å². The Morgan fingerprint density at radius 1 is 1.00 bits per heavy atom. The first-order chi connectivity index (χ1) is 10.5. The lowest BCUT2D eigenvalue weighted by atomic mass is 9.97. The molecule has 0 spiro atoms. The molecule has 1 nitrogen and oxygen atoms in total. The van der Waals surface area contributed by atoms with Crippen molar-refractivity contribution in [2.24, 2.45) is 0 Å². The molecule has 0 aromatic heterocycles. The fourth-order valence-electron chi connectivity index (χ4n) is 3.15. The highest BCUT2D eigenvalue weighted by Gasteiger charge is 2.17. The van der Waals surface area contributed by atoms with E-state index in [4.69, 9.17) is 11.6 Å². The van der Waals surface area contributed by atoms with Crippen molar-refractivity contribution in [2.75, 3.05) is 13.1 Å². The number of rotatable bonds is 6. The van der Waals surface area contributed by atoms with Crippen LogP contribution in [0.5, 0.6) is 0 Å². The topological polar surface area (TPSA) is 3.24 Å². The van der Waals surface area contributed by atoms with Gasteiger partial charge >= 0.3 is 0 Å². The van der Waals surface area contributed by atoms with Gasteiger partial charge in [0, 0.05) is 13.1 Å². The zero-order chi connectivity index (χ0) is 16.1. The van der Waals surface area contributed by atoms with E-state index >= 15 is 0 Å². The molecule has 0 saturated heterocycles. The van der Waals surface area contributed by atoms with Gasteiger partial charge in [-0.3, -0.25) is 4.90 Å². The fourth-order valence-corrected chi connectivity index (χ4v) is 3.69. The summed E-state index contributed by atoms with van der Waals surface area (Å²) in [5.41, 5.74) is 6.53. The molecule has 22 heavy (non-hydrogen) atoms. The molecule has 2 aromatic carbocycles. The Hall–Kier alpha value is -1.31. The molecular formula is C20H26ClN. The largest absolute Gasteiger partial charge is 0.298 e. The molecule has 0 aliphatic carbocycles. The molecule has 0 aliphatic rings. The standard InChI is InChI=1S/C20H26ClN/c1-5-22(13-18-9-7-6-8-10-18)14-19(21)20-16(3)11-15(2)12-17(20)4/h6-12,19H,5,13-14H2,1-4H3. The van der Waals surface area contributed by atoms with Crippen LogP contribution in [0.15, 0.2) is 42.5 Å². The predicted molar refractivity (Wildman–Crippen MR) is 96.6 cm³/mol. The van der Waals surface area contributed by atoms with Gasteiger partial charge in [-0.2, -0.15) is 0 Å². The highest BCUT2D eigenvalue weighted by molar-refractivity contribution is 6.21. The van der Waals surface area contributed by atoms with E-state index in [0.717, 1.165) is 19.6 Å². The van der Waals surface area contributed by atoms with Crippen molar-refractivity contribution in [1.82, 2.24) is 4.90 Å². The smallest absolute Gasteiger partial charge is 0.0717 e. The van der Waals surface area contributed by atoms with Crippen LogP contribution < -0.4 is 0 Å². The molecule has 0 heterocycles. The first-order valence-corrected chi connectivity index (χ1v) is 8.43. The van der Waals surface area contributed by atoms with Gasteiger partial charge in [-0.05, 0) is 49.6 Å². The van der Waals surface area contributed by atoms with Gasteiger partial charge in [0.1, 0.15) is 0 Å². The van der Waals surface area contributed by atoms with Crippen LogP contribution in [0.4, 0.5) is 0 Å². The van der Waals surface area contributed by atoms with Crippen molar-refractivity contribution in [1.29, 1.82) is 0 Å². The molecule has 2 heteroatoms. The second-order valence-corrected chi connectivity index (χ2v) is 6.62. The third-order valence-electron chi connectivity index (χ3n) is 4.17. The summed E-state index contributed by atoms with van der Waals surface area (Å²) in [6, 6.07) is 15.0. The average molecular weight is 316 g/mol. The molecule has 1 unspecified atom stereocenters. The van der Waals surface area contributed by atoms with Gasteiger partial charge in [0.2, 0.25) is 0 Å². The van der Waals surface area contributed by atoms with Crippen molar-refractivity contribution < 1.29 is 0 Å². The van der Waals surface area contributed by atoms with E-state index in [1.165, 1.54) is 27.8 Å². The molecule has 0 aliphatic heterocycles. The first-order valence-electron chi connectivity index (χ1n) is 7.99. The Morgan fingerprint density at radius 2 is 1.59 bits per heavy atom. The van der Waals surface area contributed by atoms with Crippen molar-refractivity contribution in [3.05, 3.63) is 70.3 Å². The minimum atomic E-state index is 0.0317. The Bertz CT molecular complexity index is 583. The average Bonchev–Trinajstić information content (AvgIpc) is 2.46. The van der Waals surface area contributed by atoms with Gasteiger partial charge in [-0.15, -0.1) is 11.6 Å².